The summed E-state index contributed by atoms with van der Waals surface area (Å²) in [6, 6.07) is 1.54. The lowest BCUT2D eigenvalue weighted by molar-refractivity contribution is 0.237. The third-order valence-corrected chi connectivity index (χ3v) is 3.93. The average molecular weight is 238 g/mol. The Hall–Kier alpha value is -1.43. The zero-order chi connectivity index (χ0) is 11.4. The van der Waals surface area contributed by atoms with Crippen LogP contribution in [0.2, 0.25) is 0 Å². The molecule has 1 aromatic rings. The largest absolute Gasteiger partial charge is 0.464 e. The third-order valence-electron chi connectivity index (χ3n) is 2.70. The van der Waals surface area contributed by atoms with Gasteiger partial charge in [-0.2, -0.15) is 12.8 Å². The molecule has 0 bridgehead atoms. The van der Waals surface area contributed by atoms with E-state index in [1.165, 1.54) is 12.3 Å². The Morgan fingerprint density at radius 2 is 2.19 bits per heavy atom. The van der Waals surface area contributed by atoms with Crippen molar-refractivity contribution in [3.63, 3.8) is 0 Å². The zero-order valence-electron chi connectivity index (χ0n) is 8.67. The summed E-state index contributed by atoms with van der Waals surface area (Å²) in [5.41, 5.74) is 0.244. The van der Waals surface area contributed by atoms with Gasteiger partial charge in [-0.15, -0.1) is 0 Å². The van der Waals surface area contributed by atoms with E-state index in [-0.39, 0.29) is 10.8 Å². The molecule has 0 aromatic carbocycles. The van der Waals surface area contributed by atoms with Crippen LogP contribution in [0.1, 0.15) is 18.4 Å². The average Bonchev–Trinajstić information content (AvgIpc) is 2.99. The summed E-state index contributed by atoms with van der Waals surface area (Å²) >= 11 is 0. The van der Waals surface area contributed by atoms with Crippen molar-refractivity contribution >= 4 is 16.2 Å². The summed E-state index contributed by atoms with van der Waals surface area (Å²) in [6.45, 7) is 1.78. The van der Waals surface area contributed by atoms with Gasteiger partial charge in [0.05, 0.1) is 6.21 Å². The van der Waals surface area contributed by atoms with Gasteiger partial charge in [0.1, 0.15) is 5.60 Å². The normalized spacial score (nSPS) is 23.3. The van der Waals surface area contributed by atoms with Crippen LogP contribution in [0, 0.1) is 6.92 Å². The first-order chi connectivity index (χ1) is 7.51. The molecule has 1 fully saturated rings. The van der Waals surface area contributed by atoms with Crippen molar-refractivity contribution in [1.82, 2.24) is 4.98 Å². The van der Waals surface area contributed by atoms with E-state index >= 15 is 0 Å². The monoisotopic (exact) mass is 238 g/mol. The van der Waals surface area contributed by atoms with Crippen molar-refractivity contribution in [2.75, 3.05) is 0 Å². The summed E-state index contributed by atoms with van der Waals surface area (Å²) in [5.74, 6) is 0.167. The Labute approximate surface area is 93.2 Å². The van der Waals surface area contributed by atoms with Crippen LogP contribution in [0.4, 0.5) is 0 Å². The van der Waals surface area contributed by atoms with E-state index in [1.807, 2.05) is 0 Å². The summed E-state index contributed by atoms with van der Waals surface area (Å²) in [4.78, 5) is 4.09. The van der Waals surface area contributed by atoms with Gasteiger partial charge in [-0.25, -0.2) is 4.98 Å². The summed E-state index contributed by atoms with van der Waals surface area (Å²) < 4.78 is 32.9. The number of nitrogens with zero attached hydrogens (tertiary/aromatic N) is 2. The minimum atomic E-state index is -3.65. The highest BCUT2D eigenvalue weighted by Gasteiger charge is 2.47. The Bertz CT molecular complexity index is 588. The van der Waals surface area contributed by atoms with Crippen LogP contribution in [0.5, 0.6) is 5.88 Å². The molecular formula is C10H10N2O3S. The van der Waals surface area contributed by atoms with Gasteiger partial charge >= 0.3 is 0 Å². The second kappa shape index (κ2) is 2.82. The molecule has 0 saturated heterocycles. The van der Waals surface area contributed by atoms with Gasteiger partial charge in [-0.3, -0.25) is 0 Å². The number of sulfonamides is 1. The molecule has 16 heavy (non-hydrogen) atoms. The Morgan fingerprint density at radius 3 is 2.88 bits per heavy atom. The molecule has 0 N–H and O–H groups in total. The highest BCUT2D eigenvalue weighted by atomic mass is 32.2. The van der Waals surface area contributed by atoms with Crippen molar-refractivity contribution in [1.29, 1.82) is 0 Å². The Kier molecular flexibility index (Phi) is 1.72. The number of fused-ring (bicyclic) bond motifs is 1. The third kappa shape index (κ3) is 1.41. The lowest BCUT2D eigenvalue weighted by Gasteiger charge is -2.11. The number of pyridine rings is 1. The molecule has 2 aliphatic rings. The molecule has 84 valence electrons. The van der Waals surface area contributed by atoms with Gasteiger partial charge < -0.3 is 4.74 Å². The maximum Gasteiger partial charge on any atom is 0.287 e. The maximum absolute atomic E-state index is 11.8. The molecule has 1 saturated carbocycles. The highest BCUT2D eigenvalue weighted by Crippen LogP contribution is 2.42. The number of rotatable bonds is 0. The van der Waals surface area contributed by atoms with Gasteiger partial charge in [0.15, 0.2) is 4.90 Å². The molecule has 1 aliphatic carbocycles. The van der Waals surface area contributed by atoms with Crippen molar-refractivity contribution in [3.8, 4) is 5.88 Å². The van der Waals surface area contributed by atoms with Crippen molar-refractivity contribution in [3.05, 3.63) is 17.8 Å². The van der Waals surface area contributed by atoms with Gasteiger partial charge in [0.2, 0.25) is 5.88 Å². The Morgan fingerprint density at radius 1 is 1.44 bits per heavy atom. The number of aromatic nitrogens is 1. The molecule has 0 unspecified atom stereocenters. The standard InChI is InChI=1S/C10H10N2O3S/c1-7-4-8-9(11-5-7)15-10(2-3-10)6-12-16(8,13)14/h4-6H,2-3H2,1H3. The molecule has 2 heterocycles. The molecule has 1 aromatic heterocycles. The van der Waals surface area contributed by atoms with E-state index < -0.39 is 15.6 Å². The van der Waals surface area contributed by atoms with Crippen LogP contribution in [0.3, 0.4) is 0 Å². The van der Waals surface area contributed by atoms with Gasteiger partial charge in [0, 0.05) is 6.20 Å². The molecule has 6 heteroatoms. The molecule has 0 radical (unpaired) electrons. The molecule has 1 spiro atoms. The van der Waals surface area contributed by atoms with Crippen LogP contribution >= 0.6 is 0 Å². The van der Waals surface area contributed by atoms with E-state index in [4.69, 9.17) is 4.74 Å². The van der Waals surface area contributed by atoms with Crippen molar-refractivity contribution < 1.29 is 13.2 Å². The number of hydrogen-bond acceptors (Lipinski definition) is 4. The van der Waals surface area contributed by atoms with E-state index in [9.17, 15) is 8.42 Å². The SMILES string of the molecule is Cc1cnc2c(c1)S(=O)(=O)N=CC1(CC1)O2. The predicted molar refractivity (Wildman–Crippen MR) is 57.2 cm³/mol. The van der Waals surface area contributed by atoms with E-state index in [2.05, 4.69) is 9.38 Å². The summed E-state index contributed by atoms with van der Waals surface area (Å²) in [7, 11) is -3.65. The van der Waals surface area contributed by atoms with Crippen molar-refractivity contribution in [2.24, 2.45) is 4.40 Å². The van der Waals surface area contributed by atoms with E-state index in [0.29, 0.717) is 0 Å². The summed E-state index contributed by atoms with van der Waals surface area (Å²) in [6.07, 6.45) is 4.57. The zero-order valence-corrected chi connectivity index (χ0v) is 9.49. The second-order valence-electron chi connectivity index (χ2n) is 4.19. The molecule has 5 nitrogen and oxygen atoms in total. The molecule has 3 rings (SSSR count). The van der Waals surface area contributed by atoms with E-state index in [1.54, 1.807) is 13.1 Å². The van der Waals surface area contributed by atoms with Crippen LogP contribution in [0.15, 0.2) is 21.6 Å². The van der Waals surface area contributed by atoms with Crippen molar-refractivity contribution in [2.45, 2.75) is 30.3 Å². The fraction of sp³-hybridized carbons (Fsp3) is 0.400. The Balaban J connectivity index is 2.25. The van der Waals surface area contributed by atoms with E-state index in [0.717, 1.165) is 18.4 Å². The molecule has 0 atom stereocenters. The van der Waals surface area contributed by atoms with Gasteiger partial charge in [-0.05, 0) is 31.4 Å². The maximum atomic E-state index is 11.8. The van der Waals surface area contributed by atoms with Crippen LogP contribution < -0.4 is 4.74 Å². The first-order valence-corrected chi connectivity index (χ1v) is 6.42. The summed E-state index contributed by atoms with van der Waals surface area (Å²) in [5, 5.41) is 0. The first-order valence-electron chi connectivity index (χ1n) is 4.98. The molecular weight excluding hydrogens is 228 g/mol. The van der Waals surface area contributed by atoms with Gasteiger partial charge in [0.25, 0.3) is 10.0 Å². The fourth-order valence-electron chi connectivity index (χ4n) is 1.59. The minimum Gasteiger partial charge on any atom is -0.464 e. The smallest absolute Gasteiger partial charge is 0.287 e. The van der Waals surface area contributed by atoms with Gasteiger partial charge in [-0.1, -0.05) is 0 Å². The minimum absolute atomic E-state index is 0.0625. The molecule has 1 aliphatic heterocycles. The second-order valence-corrected chi connectivity index (χ2v) is 5.79. The number of ether oxygens (including phenoxy) is 1. The number of hydrogen-bond donors (Lipinski definition) is 0. The quantitative estimate of drug-likeness (QED) is 0.678. The molecule has 0 amide bonds. The topological polar surface area (TPSA) is 68.6 Å². The first kappa shape index (κ1) is 9.77. The van der Waals surface area contributed by atoms with Crippen LogP contribution in [-0.2, 0) is 10.0 Å². The van der Waals surface area contributed by atoms with Crippen LogP contribution in [-0.4, -0.2) is 25.2 Å². The number of aryl methyl sites for hydroxylation is 1. The lowest BCUT2D eigenvalue weighted by Crippen LogP contribution is -2.19. The highest BCUT2D eigenvalue weighted by molar-refractivity contribution is 7.90. The van der Waals surface area contributed by atoms with Crippen LogP contribution in [0.25, 0.3) is 0 Å². The predicted octanol–water partition coefficient (Wildman–Crippen LogP) is 1.07. The fourth-order valence-corrected chi connectivity index (χ4v) is 2.68. The lowest BCUT2D eigenvalue weighted by atomic mass is 10.3.